The van der Waals surface area contributed by atoms with Crippen molar-refractivity contribution in [3.63, 3.8) is 0 Å². The van der Waals surface area contributed by atoms with Gasteiger partial charge in [-0.15, -0.1) is 0 Å². The molecular formula is C16H16BrNO6S2. The summed E-state index contributed by atoms with van der Waals surface area (Å²) in [5.41, 5.74) is 0.137. The normalized spacial score (nSPS) is 11.8. The van der Waals surface area contributed by atoms with E-state index in [0.29, 0.717) is 4.47 Å². The number of carbonyl (C=O) groups is 1. The molecule has 0 radical (unpaired) electrons. The lowest BCUT2D eigenvalue weighted by Crippen LogP contribution is -2.28. The van der Waals surface area contributed by atoms with E-state index in [-0.39, 0.29) is 21.0 Å². The Morgan fingerprint density at radius 1 is 1.04 bits per heavy atom. The van der Waals surface area contributed by atoms with Gasteiger partial charge in [-0.25, -0.2) is 21.6 Å². The lowest BCUT2D eigenvalue weighted by atomic mass is 10.2. The lowest BCUT2D eigenvalue weighted by molar-refractivity contribution is 0.0596. The number of anilines is 1. The Bertz CT molecular complexity index is 1050. The predicted octanol–water partition coefficient (Wildman–Crippen LogP) is 2.46. The number of rotatable bonds is 5. The molecule has 0 fully saturated rings. The molecule has 0 aliphatic carbocycles. The fourth-order valence-corrected chi connectivity index (χ4v) is 4.53. The van der Waals surface area contributed by atoms with Gasteiger partial charge < -0.3 is 4.74 Å². The van der Waals surface area contributed by atoms with Crippen LogP contribution in [0, 0.1) is 0 Å². The summed E-state index contributed by atoms with van der Waals surface area (Å²) in [5, 5.41) is 0. The number of benzene rings is 2. The first-order valence-electron chi connectivity index (χ1n) is 7.15. The molecule has 140 valence electrons. The van der Waals surface area contributed by atoms with Crippen LogP contribution < -0.4 is 4.31 Å². The van der Waals surface area contributed by atoms with Gasteiger partial charge in [-0.1, -0.05) is 15.9 Å². The van der Waals surface area contributed by atoms with Crippen molar-refractivity contribution in [2.24, 2.45) is 0 Å². The van der Waals surface area contributed by atoms with Crippen LogP contribution in [0.15, 0.2) is 56.7 Å². The van der Waals surface area contributed by atoms with Crippen LogP contribution in [0.25, 0.3) is 0 Å². The van der Waals surface area contributed by atoms with E-state index in [0.717, 1.165) is 17.7 Å². The molecule has 26 heavy (non-hydrogen) atoms. The van der Waals surface area contributed by atoms with Crippen molar-refractivity contribution >= 4 is 47.4 Å². The molecule has 2 aromatic rings. The molecule has 0 aliphatic rings. The molecule has 2 aromatic carbocycles. The fraction of sp³-hybridized carbons (Fsp3) is 0.188. The Hall–Kier alpha value is -1.91. The first-order valence-corrected chi connectivity index (χ1v) is 11.3. The Kier molecular flexibility index (Phi) is 5.79. The number of esters is 1. The van der Waals surface area contributed by atoms with Crippen LogP contribution in [0.5, 0.6) is 0 Å². The van der Waals surface area contributed by atoms with Crippen molar-refractivity contribution < 1.29 is 26.4 Å². The molecule has 0 unspecified atom stereocenters. The van der Waals surface area contributed by atoms with Crippen LogP contribution in [0.1, 0.15) is 10.4 Å². The van der Waals surface area contributed by atoms with Gasteiger partial charge in [0.2, 0.25) is 0 Å². The summed E-state index contributed by atoms with van der Waals surface area (Å²) in [6.07, 6.45) is 1.06. The van der Waals surface area contributed by atoms with Gasteiger partial charge in [-0.05, 0) is 42.5 Å². The summed E-state index contributed by atoms with van der Waals surface area (Å²) < 4.78 is 55.1. The SMILES string of the molecule is COC(=O)c1cc(Br)ccc1S(=O)(=O)N(C)c1ccc(S(C)(=O)=O)cc1. The standard InChI is InChI=1S/C16H16BrNO6S2/c1-18(12-5-7-13(8-6-12)25(3,20)21)26(22,23)15-9-4-11(17)10-14(15)16(19)24-2/h4-10H,1-3H3. The number of ether oxygens (including phenoxy) is 1. The van der Waals surface area contributed by atoms with Gasteiger partial charge in [-0.3, -0.25) is 4.31 Å². The number of methoxy groups -OCH3 is 1. The van der Waals surface area contributed by atoms with Crippen molar-refractivity contribution in [3.8, 4) is 0 Å². The number of hydrogen-bond acceptors (Lipinski definition) is 6. The van der Waals surface area contributed by atoms with Gasteiger partial charge in [0.05, 0.1) is 23.3 Å². The molecule has 0 bridgehead atoms. The number of hydrogen-bond donors (Lipinski definition) is 0. The summed E-state index contributed by atoms with van der Waals surface area (Å²) in [4.78, 5) is 11.8. The quantitative estimate of drug-likeness (QED) is 0.634. The number of halogens is 1. The van der Waals surface area contributed by atoms with Crippen LogP contribution in [0.3, 0.4) is 0 Å². The largest absolute Gasteiger partial charge is 0.465 e. The second kappa shape index (κ2) is 7.37. The van der Waals surface area contributed by atoms with Gasteiger partial charge in [0, 0.05) is 17.8 Å². The average molecular weight is 462 g/mol. The van der Waals surface area contributed by atoms with Gasteiger partial charge in [0.15, 0.2) is 9.84 Å². The highest BCUT2D eigenvalue weighted by Gasteiger charge is 2.28. The second-order valence-corrected chi connectivity index (χ2v) is 10.2. The lowest BCUT2D eigenvalue weighted by Gasteiger charge is -2.21. The van der Waals surface area contributed by atoms with Crippen molar-refractivity contribution in [3.05, 3.63) is 52.5 Å². The van der Waals surface area contributed by atoms with E-state index in [1.54, 1.807) is 0 Å². The smallest absolute Gasteiger partial charge is 0.339 e. The summed E-state index contributed by atoms with van der Waals surface area (Å²) in [6, 6.07) is 9.56. The van der Waals surface area contributed by atoms with E-state index < -0.39 is 25.8 Å². The third kappa shape index (κ3) is 4.08. The first kappa shape index (κ1) is 20.4. The number of sulfone groups is 1. The predicted molar refractivity (Wildman–Crippen MR) is 101 cm³/mol. The van der Waals surface area contributed by atoms with Crippen LogP contribution in [0.2, 0.25) is 0 Å². The molecule has 0 aliphatic heterocycles. The summed E-state index contributed by atoms with van der Waals surface area (Å²) >= 11 is 3.20. The molecule has 0 spiro atoms. The van der Waals surface area contributed by atoms with Crippen LogP contribution in [-0.2, 0) is 24.6 Å². The molecule has 0 saturated carbocycles. The zero-order valence-corrected chi connectivity index (χ0v) is 17.4. The van der Waals surface area contributed by atoms with E-state index in [9.17, 15) is 21.6 Å². The molecular weight excluding hydrogens is 446 g/mol. The molecule has 0 saturated heterocycles. The van der Waals surface area contributed by atoms with Crippen LogP contribution in [-0.4, -0.2) is 43.2 Å². The Morgan fingerprint density at radius 3 is 2.12 bits per heavy atom. The molecule has 7 nitrogen and oxygen atoms in total. The second-order valence-electron chi connectivity index (χ2n) is 5.37. The molecule has 0 aromatic heterocycles. The monoisotopic (exact) mass is 461 g/mol. The van der Waals surface area contributed by atoms with Crippen molar-refractivity contribution in [2.45, 2.75) is 9.79 Å². The van der Waals surface area contributed by atoms with Crippen molar-refractivity contribution in [1.29, 1.82) is 0 Å². The third-order valence-corrected chi connectivity index (χ3v) is 7.08. The zero-order valence-electron chi connectivity index (χ0n) is 14.1. The zero-order chi connectivity index (χ0) is 19.7. The summed E-state index contributed by atoms with van der Waals surface area (Å²) in [5.74, 6) is -0.786. The van der Waals surface area contributed by atoms with Gasteiger partial charge in [0.25, 0.3) is 10.0 Å². The topological polar surface area (TPSA) is 97.8 Å². The minimum Gasteiger partial charge on any atom is -0.465 e. The molecule has 10 heteroatoms. The Morgan fingerprint density at radius 2 is 1.62 bits per heavy atom. The minimum atomic E-state index is -4.08. The number of sulfonamides is 1. The minimum absolute atomic E-state index is 0.0749. The number of carbonyl (C=O) groups excluding carboxylic acids is 1. The summed E-state index contributed by atoms with van der Waals surface area (Å²) in [7, 11) is -5.00. The highest BCUT2D eigenvalue weighted by Crippen LogP contribution is 2.28. The Labute approximate surface area is 160 Å². The van der Waals surface area contributed by atoms with Gasteiger partial charge in [-0.2, -0.15) is 0 Å². The van der Waals surface area contributed by atoms with E-state index >= 15 is 0 Å². The molecule has 0 amide bonds. The maximum atomic E-state index is 13.0. The molecule has 2 rings (SSSR count). The first-order chi connectivity index (χ1) is 12.0. The van der Waals surface area contributed by atoms with E-state index in [4.69, 9.17) is 0 Å². The highest BCUT2D eigenvalue weighted by molar-refractivity contribution is 9.10. The van der Waals surface area contributed by atoms with Gasteiger partial charge in [0.1, 0.15) is 4.90 Å². The van der Waals surface area contributed by atoms with Crippen LogP contribution in [0.4, 0.5) is 5.69 Å². The van der Waals surface area contributed by atoms with E-state index in [1.165, 1.54) is 49.5 Å². The maximum absolute atomic E-state index is 13.0. The molecule has 0 atom stereocenters. The third-order valence-electron chi connectivity index (χ3n) is 3.61. The van der Waals surface area contributed by atoms with E-state index in [1.807, 2.05) is 0 Å². The summed E-state index contributed by atoms with van der Waals surface area (Å²) in [6.45, 7) is 0. The fourth-order valence-electron chi connectivity index (χ4n) is 2.19. The van der Waals surface area contributed by atoms with Crippen molar-refractivity contribution in [1.82, 2.24) is 0 Å². The van der Waals surface area contributed by atoms with E-state index in [2.05, 4.69) is 20.7 Å². The number of nitrogens with zero attached hydrogens (tertiary/aromatic N) is 1. The average Bonchev–Trinajstić information content (AvgIpc) is 2.59. The maximum Gasteiger partial charge on any atom is 0.339 e. The van der Waals surface area contributed by atoms with Crippen molar-refractivity contribution in [2.75, 3.05) is 24.7 Å². The molecule has 0 N–H and O–H groups in total. The van der Waals surface area contributed by atoms with Gasteiger partial charge >= 0.3 is 5.97 Å². The highest BCUT2D eigenvalue weighted by atomic mass is 79.9. The van der Waals surface area contributed by atoms with Crippen LogP contribution >= 0.6 is 15.9 Å². The Balaban J connectivity index is 2.52. The molecule has 0 heterocycles.